The van der Waals surface area contributed by atoms with Gasteiger partial charge in [0.05, 0.1) is 24.9 Å². The van der Waals surface area contributed by atoms with Crippen molar-refractivity contribution >= 4 is 5.91 Å². The molecule has 1 aromatic carbocycles. The molecular formula is C29H46N2O7. The summed E-state index contributed by atoms with van der Waals surface area (Å²) in [5.41, 5.74) is 1.21. The number of unbranched alkanes of at least 4 members (excludes halogenated alkanes) is 4. The van der Waals surface area contributed by atoms with Crippen molar-refractivity contribution in [3.63, 3.8) is 0 Å². The van der Waals surface area contributed by atoms with Gasteiger partial charge in [-0.2, -0.15) is 0 Å². The van der Waals surface area contributed by atoms with Crippen molar-refractivity contribution in [1.82, 2.24) is 5.32 Å². The van der Waals surface area contributed by atoms with E-state index >= 15 is 0 Å². The molecule has 2 rings (SSSR count). The smallest absolute Gasteiger partial charge is 0.294 e. The van der Waals surface area contributed by atoms with E-state index in [2.05, 4.69) is 22.3 Å². The highest BCUT2D eigenvalue weighted by atomic mass is 16.9. The molecule has 1 saturated carbocycles. The first-order valence-corrected chi connectivity index (χ1v) is 14.1. The van der Waals surface area contributed by atoms with Gasteiger partial charge < -0.3 is 25.5 Å². The molecule has 214 valence electrons. The third-order valence-electron chi connectivity index (χ3n) is 7.40. The summed E-state index contributed by atoms with van der Waals surface area (Å²) in [5.74, 6) is -0.0142. The van der Waals surface area contributed by atoms with Crippen LogP contribution in [-0.4, -0.2) is 57.8 Å². The molecule has 1 aromatic rings. The fraction of sp³-hybridized carbons (Fsp3) is 0.690. The van der Waals surface area contributed by atoms with Gasteiger partial charge in [0.15, 0.2) is 0 Å². The van der Waals surface area contributed by atoms with Crippen molar-refractivity contribution in [2.45, 2.75) is 102 Å². The van der Waals surface area contributed by atoms with Gasteiger partial charge in [0.25, 0.3) is 5.09 Å². The lowest BCUT2D eigenvalue weighted by Gasteiger charge is -2.23. The molecule has 9 heteroatoms. The lowest BCUT2D eigenvalue weighted by Crippen LogP contribution is -2.24. The number of aliphatic hydroxyl groups excluding tert-OH is 3. The van der Waals surface area contributed by atoms with Crippen molar-refractivity contribution in [1.29, 1.82) is 0 Å². The molecule has 0 bridgehead atoms. The minimum absolute atomic E-state index is 0.0167. The highest BCUT2D eigenvalue weighted by Crippen LogP contribution is 2.38. The molecule has 1 aliphatic carbocycles. The number of nitrogens with zero attached hydrogens (tertiary/aromatic N) is 1. The summed E-state index contributed by atoms with van der Waals surface area (Å²) < 4.78 is 0. The number of benzene rings is 1. The van der Waals surface area contributed by atoms with E-state index in [0.29, 0.717) is 51.5 Å². The maximum atomic E-state index is 12.0. The number of amides is 1. The number of carbonyl (C=O) groups is 1. The highest BCUT2D eigenvalue weighted by Gasteiger charge is 2.40. The van der Waals surface area contributed by atoms with Gasteiger partial charge in [-0.15, -0.1) is 10.1 Å². The minimum Gasteiger partial charge on any atom is -0.393 e. The zero-order valence-corrected chi connectivity index (χ0v) is 22.5. The Morgan fingerprint density at radius 3 is 2.55 bits per heavy atom. The average Bonchev–Trinajstić information content (AvgIpc) is 3.17. The van der Waals surface area contributed by atoms with Crippen LogP contribution in [0.4, 0.5) is 0 Å². The number of nitrogens with one attached hydrogen (secondary N) is 1. The largest absolute Gasteiger partial charge is 0.393 e. The van der Waals surface area contributed by atoms with Gasteiger partial charge in [-0.05, 0) is 81.6 Å². The number of hydrogen-bond acceptors (Lipinski definition) is 7. The van der Waals surface area contributed by atoms with Crippen molar-refractivity contribution in [2.75, 3.05) is 13.2 Å². The molecular weight excluding hydrogens is 488 g/mol. The first-order valence-electron chi connectivity index (χ1n) is 14.1. The van der Waals surface area contributed by atoms with Crippen LogP contribution < -0.4 is 5.32 Å². The molecule has 1 fully saturated rings. The number of hydrogen-bond donors (Lipinski definition) is 4. The van der Waals surface area contributed by atoms with Crippen LogP contribution in [0.25, 0.3) is 0 Å². The summed E-state index contributed by atoms with van der Waals surface area (Å²) in [7, 11) is 0. The van der Waals surface area contributed by atoms with E-state index in [1.54, 1.807) is 0 Å². The molecule has 0 aromatic heterocycles. The Labute approximate surface area is 226 Å². The number of aryl methyl sites for hydroxylation is 1. The Morgan fingerprint density at radius 1 is 1.05 bits per heavy atom. The molecule has 5 atom stereocenters. The first-order chi connectivity index (χ1) is 18.4. The summed E-state index contributed by atoms with van der Waals surface area (Å²) >= 11 is 0. The zero-order chi connectivity index (χ0) is 27.6. The second kappa shape index (κ2) is 18.7. The third-order valence-corrected chi connectivity index (χ3v) is 7.40. The quantitative estimate of drug-likeness (QED) is 0.0853. The molecule has 0 unspecified atom stereocenters. The normalized spacial score (nSPS) is 22.0. The summed E-state index contributed by atoms with van der Waals surface area (Å²) in [4.78, 5) is 26.3. The van der Waals surface area contributed by atoms with Gasteiger partial charge in [-0.1, -0.05) is 55.3 Å². The molecule has 0 radical (unpaired) electrons. The van der Waals surface area contributed by atoms with Crippen LogP contribution in [0.5, 0.6) is 0 Å². The van der Waals surface area contributed by atoms with E-state index < -0.39 is 23.4 Å². The Bertz CT molecular complexity index is 820. The van der Waals surface area contributed by atoms with E-state index in [9.17, 15) is 30.2 Å². The third kappa shape index (κ3) is 13.3. The van der Waals surface area contributed by atoms with Gasteiger partial charge in [0.2, 0.25) is 5.91 Å². The summed E-state index contributed by atoms with van der Waals surface area (Å²) in [6.45, 7) is 0.723. The zero-order valence-electron chi connectivity index (χ0n) is 22.5. The topological polar surface area (TPSA) is 142 Å². The van der Waals surface area contributed by atoms with Gasteiger partial charge in [0.1, 0.15) is 0 Å². The van der Waals surface area contributed by atoms with E-state index in [4.69, 9.17) is 0 Å². The van der Waals surface area contributed by atoms with Crippen molar-refractivity contribution < 1.29 is 30.0 Å². The van der Waals surface area contributed by atoms with Gasteiger partial charge in [-0.25, -0.2) is 0 Å². The first kappa shape index (κ1) is 31.7. The van der Waals surface area contributed by atoms with Crippen LogP contribution in [-0.2, 0) is 16.1 Å². The van der Waals surface area contributed by atoms with Crippen LogP contribution in [0.3, 0.4) is 0 Å². The van der Waals surface area contributed by atoms with Crippen molar-refractivity contribution in [3.8, 4) is 0 Å². The van der Waals surface area contributed by atoms with Gasteiger partial charge in [-0.3, -0.25) is 4.79 Å². The van der Waals surface area contributed by atoms with E-state index in [-0.39, 0.29) is 24.3 Å². The lowest BCUT2D eigenvalue weighted by atomic mass is 9.85. The predicted molar refractivity (Wildman–Crippen MR) is 146 cm³/mol. The Morgan fingerprint density at radius 2 is 1.79 bits per heavy atom. The molecule has 0 aliphatic heterocycles. The van der Waals surface area contributed by atoms with Crippen LogP contribution >= 0.6 is 0 Å². The van der Waals surface area contributed by atoms with Crippen molar-refractivity contribution in [3.05, 3.63) is 58.2 Å². The Balaban J connectivity index is 1.55. The van der Waals surface area contributed by atoms with Crippen LogP contribution in [0.1, 0.15) is 82.6 Å². The number of rotatable bonds is 20. The monoisotopic (exact) mass is 534 g/mol. The van der Waals surface area contributed by atoms with E-state index in [0.717, 1.165) is 38.5 Å². The van der Waals surface area contributed by atoms with Crippen molar-refractivity contribution in [2.24, 2.45) is 11.8 Å². The lowest BCUT2D eigenvalue weighted by molar-refractivity contribution is -0.757. The summed E-state index contributed by atoms with van der Waals surface area (Å²) in [6.07, 6.45) is 11.7. The maximum Gasteiger partial charge on any atom is 0.294 e. The second-order valence-electron chi connectivity index (χ2n) is 10.4. The SMILES string of the molecule is O=C(CCCC=CC[C@@H]1[C@@H](CC[C@@H](O)CCc2ccccc2)[C@H](O)C[C@@H]1O)NCCCCCCO[N+](=O)[O-]. The van der Waals surface area contributed by atoms with Crippen LogP contribution in [0.15, 0.2) is 42.5 Å². The van der Waals surface area contributed by atoms with E-state index in [1.807, 2.05) is 30.4 Å². The fourth-order valence-corrected chi connectivity index (χ4v) is 5.20. The molecule has 4 N–H and O–H groups in total. The number of carbonyl (C=O) groups excluding carboxylic acids is 1. The summed E-state index contributed by atoms with van der Waals surface area (Å²) in [5, 5.41) is 43.6. The molecule has 0 heterocycles. The highest BCUT2D eigenvalue weighted by molar-refractivity contribution is 5.75. The van der Waals surface area contributed by atoms with E-state index in [1.165, 1.54) is 5.56 Å². The summed E-state index contributed by atoms with van der Waals surface area (Å²) in [6, 6.07) is 10.1. The fourth-order valence-electron chi connectivity index (χ4n) is 5.20. The molecule has 38 heavy (non-hydrogen) atoms. The predicted octanol–water partition coefficient (Wildman–Crippen LogP) is 4.12. The molecule has 1 amide bonds. The molecule has 0 spiro atoms. The van der Waals surface area contributed by atoms with Gasteiger partial charge in [0, 0.05) is 13.0 Å². The molecule has 0 saturated heterocycles. The Kier molecular flexibility index (Phi) is 15.6. The van der Waals surface area contributed by atoms with Gasteiger partial charge >= 0.3 is 0 Å². The Hall–Kier alpha value is -2.49. The molecule has 9 nitrogen and oxygen atoms in total. The average molecular weight is 535 g/mol. The second-order valence-corrected chi connectivity index (χ2v) is 10.4. The van der Waals surface area contributed by atoms with Crippen LogP contribution in [0, 0.1) is 22.0 Å². The number of allylic oxidation sites excluding steroid dienone is 2. The minimum atomic E-state index is -0.781. The standard InChI is InChI=1S/C29H46N2O7/c32-24(17-16-23-12-6-5-7-13-23)18-19-26-25(27(33)22-28(26)34)14-8-1-2-9-15-29(35)30-20-10-3-4-11-21-38-31(36)37/h1,5-8,12-13,24-28,32-34H,2-4,9-11,14-22H2,(H,30,35)/t24-,25+,26+,27-,28+/m0/s1. The number of aliphatic hydroxyl groups is 3. The molecule has 1 aliphatic rings. The van der Waals surface area contributed by atoms with Crippen LogP contribution in [0.2, 0.25) is 0 Å². The maximum absolute atomic E-state index is 12.0.